The number of piperidine rings is 1. The lowest BCUT2D eigenvalue weighted by Gasteiger charge is -2.24. The molecule has 0 radical (unpaired) electrons. The van der Waals surface area contributed by atoms with Crippen LogP contribution in [0.4, 0.5) is 0 Å². The molecule has 0 unspecified atom stereocenters. The molecule has 0 spiro atoms. The molecule has 23 heavy (non-hydrogen) atoms. The van der Waals surface area contributed by atoms with E-state index in [0.29, 0.717) is 18.5 Å². The summed E-state index contributed by atoms with van der Waals surface area (Å²) in [6.07, 6.45) is 4.94. The van der Waals surface area contributed by atoms with Crippen molar-refractivity contribution in [3.63, 3.8) is 0 Å². The number of hydrogen-bond donors (Lipinski definition) is 1. The largest absolute Gasteiger partial charge is 0.337 e. The molecule has 0 saturated carbocycles. The maximum absolute atomic E-state index is 11.8. The number of carbonyl (C=O) groups is 1. The molecular weight excluding hydrogens is 322 g/mol. The highest BCUT2D eigenvalue weighted by Crippen LogP contribution is 2.19. The van der Waals surface area contributed by atoms with Crippen LogP contribution in [0.15, 0.2) is 27.9 Å². The first-order chi connectivity index (χ1) is 10.9. The van der Waals surface area contributed by atoms with Crippen LogP contribution in [0, 0.1) is 0 Å². The van der Waals surface area contributed by atoms with Gasteiger partial charge in [0.2, 0.25) is 27.6 Å². The number of primary sulfonamides is 1. The van der Waals surface area contributed by atoms with Gasteiger partial charge in [0.05, 0.1) is 6.54 Å². The van der Waals surface area contributed by atoms with Crippen LogP contribution in [0.3, 0.4) is 0 Å². The van der Waals surface area contributed by atoms with Gasteiger partial charge in [-0.05, 0) is 18.9 Å². The molecule has 2 N–H and O–H groups in total. The van der Waals surface area contributed by atoms with E-state index in [9.17, 15) is 13.2 Å². The lowest BCUT2D eigenvalue weighted by Crippen LogP contribution is -2.34. The molecule has 10 heteroatoms. The SMILES string of the molecule is NS(=O)(=O)c1cncc(-c2noc(CN3CCCCC3=O)n2)c1. The van der Waals surface area contributed by atoms with Crippen molar-refractivity contribution in [2.45, 2.75) is 30.7 Å². The van der Waals surface area contributed by atoms with Crippen LogP contribution in [0.25, 0.3) is 11.4 Å². The predicted octanol–water partition coefficient (Wildman–Crippen LogP) is 0.291. The lowest BCUT2D eigenvalue weighted by molar-refractivity contribution is -0.134. The minimum absolute atomic E-state index is 0.0638. The Morgan fingerprint density at radius 1 is 1.30 bits per heavy atom. The second kappa shape index (κ2) is 6.05. The molecule has 1 aliphatic heterocycles. The Hall–Kier alpha value is -2.33. The maximum atomic E-state index is 11.8. The Kier molecular flexibility index (Phi) is 4.09. The third kappa shape index (κ3) is 3.54. The number of pyridine rings is 1. The van der Waals surface area contributed by atoms with E-state index >= 15 is 0 Å². The van der Waals surface area contributed by atoms with Crippen molar-refractivity contribution < 1.29 is 17.7 Å². The number of carbonyl (C=O) groups excluding carboxylic acids is 1. The number of nitrogens with two attached hydrogens (primary N) is 1. The average Bonchev–Trinajstić information content (AvgIpc) is 2.98. The molecule has 3 heterocycles. The molecule has 1 amide bonds. The van der Waals surface area contributed by atoms with Crippen molar-refractivity contribution in [2.75, 3.05) is 6.54 Å². The van der Waals surface area contributed by atoms with E-state index in [0.717, 1.165) is 19.0 Å². The molecule has 2 aromatic rings. The van der Waals surface area contributed by atoms with E-state index in [4.69, 9.17) is 9.66 Å². The summed E-state index contributed by atoms with van der Waals surface area (Å²) in [5, 5.41) is 8.87. The lowest BCUT2D eigenvalue weighted by atomic mass is 10.1. The third-order valence-electron chi connectivity index (χ3n) is 3.52. The molecule has 1 saturated heterocycles. The van der Waals surface area contributed by atoms with Crippen molar-refractivity contribution in [1.82, 2.24) is 20.0 Å². The molecule has 2 aromatic heterocycles. The first-order valence-electron chi connectivity index (χ1n) is 7.02. The van der Waals surface area contributed by atoms with Crippen LogP contribution in [-0.4, -0.2) is 40.9 Å². The topological polar surface area (TPSA) is 132 Å². The van der Waals surface area contributed by atoms with E-state index in [-0.39, 0.29) is 29.1 Å². The molecule has 0 bridgehead atoms. The van der Waals surface area contributed by atoms with Gasteiger partial charge in [0.15, 0.2) is 0 Å². The van der Waals surface area contributed by atoms with Crippen LogP contribution in [0.1, 0.15) is 25.2 Å². The molecule has 1 fully saturated rings. The minimum atomic E-state index is -3.86. The standard InChI is InChI=1S/C13H15N5O4S/c14-23(20,21)10-5-9(6-15-7-10)13-16-11(22-17-13)8-18-4-2-1-3-12(18)19/h5-7H,1-4,8H2,(H2,14,20,21). The van der Waals surface area contributed by atoms with Gasteiger partial charge in [-0.25, -0.2) is 13.6 Å². The van der Waals surface area contributed by atoms with Crippen molar-refractivity contribution in [3.05, 3.63) is 24.4 Å². The highest BCUT2D eigenvalue weighted by atomic mass is 32.2. The zero-order chi connectivity index (χ0) is 16.4. The van der Waals surface area contributed by atoms with E-state index < -0.39 is 10.0 Å². The van der Waals surface area contributed by atoms with Gasteiger partial charge >= 0.3 is 0 Å². The fraction of sp³-hybridized carbons (Fsp3) is 0.385. The van der Waals surface area contributed by atoms with Crippen LogP contribution in [-0.2, 0) is 21.4 Å². The minimum Gasteiger partial charge on any atom is -0.337 e. The van der Waals surface area contributed by atoms with Crippen molar-refractivity contribution in [2.24, 2.45) is 5.14 Å². The van der Waals surface area contributed by atoms with Crippen molar-refractivity contribution in [1.29, 1.82) is 0 Å². The van der Waals surface area contributed by atoms with Gasteiger partial charge in [-0.3, -0.25) is 9.78 Å². The van der Waals surface area contributed by atoms with E-state index in [2.05, 4.69) is 15.1 Å². The van der Waals surface area contributed by atoms with Gasteiger partial charge in [0.1, 0.15) is 4.90 Å². The number of rotatable bonds is 4. The first-order valence-corrected chi connectivity index (χ1v) is 8.57. The summed E-state index contributed by atoms with van der Waals surface area (Å²) >= 11 is 0. The van der Waals surface area contributed by atoms with Gasteiger partial charge in [0, 0.05) is 30.9 Å². The Morgan fingerprint density at radius 3 is 2.87 bits per heavy atom. The van der Waals surface area contributed by atoms with Gasteiger partial charge in [-0.1, -0.05) is 5.16 Å². The monoisotopic (exact) mass is 337 g/mol. The zero-order valence-electron chi connectivity index (χ0n) is 12.2. The molecule has 9 nitrogen and oxygen atoms in total. The molecule has 0 aromatic carbocycles. The van der Waals surface area contributed by atoms with Crippen molar-refractivity contribution in [3.8, 4) is 11.4 Å². The Morgan fingerprint density at radius 2 is 2.13 bits per heavy atom. The second-order valence-corrected chi connectivity index (χ2v) is 6.80. The van der Waals surface area contributed by atoms with Crippen LogP contribution < -0.4 is 5.14 Å². The molecule has 122 valence electrons. The summed E-state index contributed by atoms with van der Waals surface area (Å²) in [6.45, 7) is 0.910. The van der Waals surface area contributed by atoms with Crippen LogP contribution in [0.5, 0.6) is 0 Å². The van der Waals surface area contributed by atoms with Gasteiger partial charge in [-0.15, -0.1) is 0 Å². The van der Waals surface area contributed by atoms with E-state index in [1.807, 2.05) is 0 Å². The number of amides is 1. The molecule has 1 aliphatic rings. The van der Waals surface area contributed by atoms with E-state index in [1.165, 1.54) is 12.3 Å². The highest BCUT2D eigenvalue weighted by molar-refractivity contribution is 7.89. The van der Waals surface area contributed by atoms with Gasteiger partial charge < -0.3 is 9.42 Å². The normalized spacial score (nSPS) is 15.9. The number of aromatic nitrogens is 3. The number of sulfonamides is 1. The fourth-order valence-corrected chi connectivity index (χ4v) is 2.82. The summed E-state index contributed by atoms with van der Waals surface area (Å²) in [5.74, 6) is 0.549. The molecule has 3 rings (SSSR count). The van der Waals surface area contributed by atoms with Crippen LogP contribution in [0.2, 0.25) is 0 Å². The van der Waals surface area contributed by atoms with Crippen molar-refractivity contribution >= 4 is 15.9 Å². The molecule has 0 aliphatic carbocycles. The van der Waals surface area contributed by atoms with Crippen LogP contribution >= 0.6 is 0 Å². The quantitative estimate of drug-likeness (QED) is 0.848. The summed E-state index contributed by atoms with van der Waals surface area (Å²) < 4.78 is 27.8. The zero-order valence-corrected chi connectivity index (χ0v) is 13.0. The highest BCUT2D eigenvalue weighted by Gasteiger charge is 2.21. The second-order valence-electron chi connectivity index (χ2n) is 5.24. The fourth-order valence-electron chi connectivity index (χ4n) is 2.33. The molecule has 0 atom stereocenters. The van der Waals surface area contributed by atoms with E-state index in [1.54, 1.807) is 4.90 Å². The van der Waals surface area contributed by atoms with Gasteiger partial charge in [0.25, 0.3) is 0 Å². The number of hydrogen-bond acceptors (Lipinski definition) is 7. The summed E-state index contributed by atoms with van der Waals surface area (Å²) in [7, 11) is -3.86. The summed E-state index contributed by atoms with van der Waals surface area (Å²) in [5.41, 5.74) is 0.372. The average molecular weight is 337 g/mol. The molecular formula is C13H15N5O4S. The third-order valence-corrected chi connectivity index (χ3v) is 4.40. The Labute approximate surface area is 132 Å². The predicted molar refractivity (Wildman–Crippen MR) is 78.2 cm³/mol. The maximum Gasteiger partial charge on any atom is 0.246 e. The summed E-state index contributed by atoms with van der Waals surface area (Å²) in [6, 6.07) is 1.32. The number of nitrogens with zero attached hydrogens (tertiary/aromatic N) is 4. The summed E-state index contributed by atoms with van der Waals surface area (Å²) in [4.78, 5) is 21.3. The smallest absolute Gasteiger partial charge is 0.246 e. The van der Waals surface area contributed by atoms with Gasteiger partial charge in [-0.2, -0.15) is 4.98 Å². The first kappa shape index (κ1) is 15.6. The number of likely N-dealkylation sites (tertiary alicyclic amines) is 1. The Bertz CT molecular complexity index is 832. The Balaban J connectivity index is 1.80.